The van der Waals surface area contributed by atoms with Crippen molar-refractivity contribution in [3.05, 3.63) is 29.8 Å². The first-order chi connectivity index (χ1) is 8.38. The summed E-state index contributed by atoms with van der Waals surface area (Å²) in [5.41, 5.74) is -0.171. The number of thiocarbonyl (C=S) groups is 1. The van der Waals surface area contributed by atoms with Crippen LogP contribution in [0.5, 0.6) is 0 Å². The van der Waals surface area contributed by atoms with E-state index >= 15 is 0 Å². The van der Waals surface area contributed by atoms with Gasteiger partial charge in [0.25, 0.3) is 0 Å². The van der Waals surface area contributed by atoms with Crippen LogP contribution in [0.15, 0.2) is 24.3 Å². The second-order valence-electron chi connectivity index (χ2n) is 4.01. The van der Waals surface area contributed by atoms with Gasteiger partial charge in [-0.3, -0.25) is 4.90 Å². The molecule has 2 rings (SSSR count). The summed E-state index contributed by atoms with van der Waals surface area (Å²) >= 11 is 6.62. The van der Waals surface area contributed by atoms with E-state index < -0.39 is 11.7 Å². The summed E-state index contributed by atoms with van der Waals surface area (Å²) in [4.78, 5) is 3.69. The minimum atomic E-state index is -4.33. The van der Waals surface area contributed by atoms with Gasteiger partial charge in [0.1, 0.15) is 4.32 Å². The first-order valence-electron chi connectivity index (χ1n) is 5.18. The van der Waals surface area contributed by atoms with Gasteiger partial charge in [0.15, 0.2) is 0 Å². The van der Waals surface area contributed by atoms with Crippen LogP contribution >= 0.6 is 24.0 Å². The number of benzene rings is 1. The fourth-order valence-electron chi connectivity index (χ4n) is 1.62. The van der Waals surface area contributed by atoms with Crippen molar-refractivity contribution in [1.29, 1.82) is 0 Å². The molecule has 1 heterocycles. The first-order valence-corrected chi connectivity index (χ1v) is 6.57. The molecule has 0 aliphatic carbocycles. The summed E-state index contributed by atoms with van der Waals surface area (Å²) in [7, 11) is 1.90. The maximum Gasteiger partial charge on any atom is 0.416 e. The standard InChI is InChI=1S/C11H11F3N2S2/c1-15-6-16(10(17)18-7-15)9-4-2-3-8(5-9)11(12,13)14/h2-5H,6-7H2,1H3. The molecular formula is C11H11F3N2S2. The van der Waals surface area contributed by atoms with Crippen LogP contribution in [0.4, 0.5) is 18.9 Å². The largest absolute Gasteiger partial charge is 0.416 e. The molecule has 0 atom stereocenters. The molecule has 2 nitrogen and oxygen atoms in total. The predicted molar refractivity (Wildman–Crippen MR) is 71.6 cm³/mol. The van der Waals surface area contributed by atoms with E-state index in [-0.39, 0.29) is 0 Å². The maximum absolute atomic E-state index is 12.6. The van der Waals surface area contributed by atoms with Gasteiger partial charge in [-0.1, -0.05) is 30.0 Å². The monoisotopic (exact) mass is 292 g/mol. The Labute approximate surface area is 113 Å². The molecule has 1 aliphatic rings. The van der Waals surface area contributed by atoms with Gasteiger partial charge in [-0.25, -0.2) is 0 Å². The Morgan fingerprint density at radius 1 is 1.33 bits per heavy atom. The Bertz CT molecular complexity index is 462. The van der Waals surface area contributed by atoms with Gasteiger partial charge in [-0.2, -0.15) is 13.2 Å². The third kappa shape index (κ3) is 2.96. The van der Waals surface area contributed by atoms with Crippen molar-refractivity contribution in [2.24, 2.45) is 0 Å². The average molecular weight is 292 g/mol. The summed E-state index contributed by atoms with van der Waals surface area (Å²) in [6, 6.07) is 5.24. The highest BCUT2D eigenvalue weighted by Crippen LogP contribution is 2.33. The van der Waals surface area contributed by atoms with Gasteiger partial charge in [0, 0.05) is 5.69 Å². The van der Waals surface area contributed by atoms with Crippen LogP contribution in [0.1, 0.15) is 5.56 Å². The molecular weight excluding hydrogens is 281 g/mol. The van der Waals surface area contributed by atoms with Crippen molar-refractivity contribution in [2.75, 3.05) is 24.5 Å². The third-order valence-corrected chi connectivity index (χ3v) is 4.11. The van der Waals surface area contributed by atoms with Gasteiger partial charge >= 0.3 is 6.18 Å². The van der Waals surface area contributed by atoms with Crippen LogP contribution in [0.3, 0.4) is 0 Å². The fraction of sp³-hybridized carbons (Fsp3) is 0.364. The molecule has 0 radical (unpaired) electrons. The van der Waals surface area contributed by atoms with Crippen molar-refractivity contribution in [2.45, 2.75) is 6.18 Å². The second-order valence-corrected chi connectivity index (χ2v) is 5.59. The van der Waals surface area contributed by atoms with E-state index in [0.29, 0.717) is 16.7 Å². The maximum atomic E-state index is 12.6. The average Bonchev–Trinajstić information content (AvgIpc) is 2.31. The van der Waals surface area contributed by atoms with Crippen molar-refractivity contribution >= 4 is 34.0 Å². The molecule has 0 aromatic heterocycles. The normalized spacial score (nSPS) is 18.2. The number of anilines is 1. The lowest BCUT2D eigenvalue weighted by Gasteiger charge is -2.34. The van der Waals surface area contributed by atoms with Crippen molar-refractivity contribution in [3.63, 3.8) is 0 Å². The lowest BCUT2D eigenvalue weighted by molar-refractivity contribution is -0.137. The zero-order chi connectivity index (χ0) is 13.3. The van der Waals surface area contributed by atoms with Gasteiger partial charge in [-0.15, -0.1) is 0 Å². The van der Waals surface area contributed by atoms with Crippen LogP contribution < -0.4 is 4.90 Å². The molecule has 0 unspecified atom stereocenters. The number of halogens is 3. The molecule has 1 saturated heterocycles. The zero-order valence-corrected chi connectivity index (χ0v) is 11.2. The number of alkyl halides is 3. The van der Waals surface area contributed by atoms with Crippen LogP contribution in [-0.2, 0) is 6.18 Å². The van der Waals surface area contributed by atoms with Gasteiger partial charge in [-0.05, 0) is 25.2 Å². The predicted octanol–water partition coefficient (Wildman–Crippen LogP) is 3.39. The van der Waals surface area contributed by atoms with Crippen LogP contribution in [0, 0.1) is 0 Å². The van der Waals surface area contributed by atoms with E-state index in [2.05, 4.69) is 0 Å². The van der Waals surface area contributed by atoms with Crippen molar-refractivity contribution in [3.8, 4) is 0 Å². The molecule has 1 aliphatic heterocycles. The number of thioether (sulfide) groups is 1. The molecule has 18 heavy (non-hydrogen) atoms. The number of hydrogen-bond acceptors (Lipinski definition) is 3. The minimum absolute atomic E-state index is 0.480. The highest BCUT2D eigenvalue weighted by molar-refractivity contribution is 8.23. The summed E-state index contributed by atoms with van der Waals surface area (Å²) in [5.74, 6) is 0.758. The Morgan fingerprint density at radius 3 is 2.72 bits per heavy atom. The second kappa shape index (κ2) is 5.07. The van der Waals surface area contributed by atoms with E-state index in [4.69, 9.17) is 12.2 Å². The van der Waals surface area contributed by atoms with Gasteiger partial charge in [0.05, 0.1) is 18.1 Å². The zero-order valence-electron chi connectivity index (χ0n) is 9.57. The lowest BCUT2D eigenvalue weighted by Crippen LogP contribution is -2.43. The van der Waals surface area contributed by atoms with E-state index in [1.807, 2.05) is 11.9 Å². The molecule has 0 amide bonds. The third-order valence-electron chi connectivity index (χ3n) is 2.50. The Kier molecular flexibility index (Phi) is 3.84. The summed E-state index contributed by atoms with van der Waals surface area (Å²) in [6.07, 6.45) is -4.33. The molecule has 1 fully saturated rings. The molecule has 0 saturated carbocycles. The van der Waals surface area contributed by atoms with Gasteiger partial charge < -0.3 is 4.90 Å². The van der Waals surface area contributed by atoms with E-state index in [0.717, 1.165) is 18.0 Å². The van der Waals surface area contributed by atoms with Crippen LogP contribution in [-0.4, -0.2) is 28.8 Å². The van der Waals surface area contributed by atoms with Crippen molar-refractivity contribution < 1.29 is 13.2 Å². The minimum Gasteiger partial charge on any atom is -0.314 e. The molecule has 1 aromatic rings. The Balaban J connectivity index is 2.30. The summed E-state index contributed by atoms with van der Waals surface area (Å²) in [5, 5.41) is 0. The van der Waals surface area contributed by atoms with E-state index in [1.54, 1.807) is 11.0 Å². The quantitative estimate of drug-likeness (QED) is 0.732. The number of hydrogen-bond donors (Lipinski definition) is 0. The van der Waals surface area contributed by atoms with E-state index in [9.17, 15) is 13.2 Å². The van der Waals surface area contributed by atoms with Crippen LogP contribution in [0.25, 0.3) is 0 Å². The Hall–Kier alpha value is -0.790. The van der Waals surface area contributed by atoms with Crippen LogP contribution in [0.2, 0.25) is 0 Å². The Morgan fingerprint density at radius 2 is 2.06 bits per heavy atom. The number of nitrogens with zero attached hydrogens (tertiary/aromatic N) is 2. The highest BCUT2D eigenvalue weighted by Gasteiger charge is 2.31. The number of rotatable bonds is 1. The summed E-state index contributed by atoms with van der Waals surface area (Å²) < 4.78 is 38.5. The molecule has 7 heteroatoms. The smallest absolute Gasteiger partial charge is 0.314 e. The molecule has 1 aromatic carbocycles. The van der Waals surface area contributed by atoms with Crippen molar-refractivity contribution in [1.82, 2.24) is 4.90 Å². The first kappa shape index (κ1) is 13.6. The van der Waals surface area contributed by atoms with E-state index in [1.165, 1.54) is 17.8 Å². The van der Waals surface area contributed by atoms with Gasteiger partial charge in [0.2, 0.25) is 0 Å². The molecule has 0 spiro atoms. The molecule has 0 bridgehead atoms. The molecule has 98 valence electrons. The highest BCUT2D eigenvalue weighted by atomic mass is 32.2. The topological polar surface area (TPSA) is 6.48 Å². The molecule has 0 N–H and O–H groups in total. The lowest BCUT2D eigenvalue weighted by atomic mass is 10.2. The fourth-order valence-corrected chi connectivity index (χ4v) is 2.67. The summed E-state index contributed by atoms with van der Waals surface area (Å²) in [6.45, 7) is 0.507. The SMILES string of the molecule is CN1CSC(=S)N(c2cccc(C(F)(F)F)c2)C1.